The molecule has 1 aromatic heterocycles. The summed E-state index contributed by atoms with van der Waals surface area (Å²) in [5, 5.41) is 7.55. The van der Waals surface area contributed by atoms with Crippen LogP contribution in [0.4, 0.5) is 0 Å². The molecule has 0 saturated heterocycles. The van der Waals surface area contributed by atoms with Crippen LogP contribution in [-0.4, -0.2) is 47.4 Å². The lowest BCUT2D eigenvalue weighted by molar-refractivity contribution is 0.221. The topological polar surface area (TPSA) is 54.7 Å². The summed E-state index contributed by atoms with van der Waals surface area (Å²) < 4.78 is 7.80. The Morgan fingerprint density at radius 1 is 1.40 bits per heavy atom. The Labute approximate surface area is 167 Å². The quantitative estimate of drug-likeness (QED) is 0.412. The SMILES string of the molecule is CN=C(NCC(C)Oc1ccccc1C)N(C)Cc1cnn(C)c1.I. The number of hydrogen-bond acceptors (Lipinski definition) is 3. The molecule has 1 atom stereocenters. The molecule has 25 heavy (non-hydrogen) atoms. The van der Waals surface area contributed by atoms with Crippen molar-refractivity contribution in [1.29, 1.82) is 0 Å². The zero-order valence-corrected chi connectivity index (χ0v) is 17.9. The smallest absolute Gasteiger partial charge is 0.193 e. The summed E-state index contributed by atoms with van der Waals surface area (Å²) in [5.41, 5.74) is 2.29. The molecule has 2 rings (SSSR count). The van der Waals surface area contributed by atoms with Gasteiger partial charge in [-0.25, -0.2) is 0 Å². The standard InChI is InChI=1S/C18H27N5O.HI/c1-14-8-6-7-9-17(14)24-15(2)10-20-18(19-3)22(4)12-16-11-21-23(5)13-16;/h6-9,11,13,15H,10,12H2,1-5H3,(H,19,20);1H. The third kappa shape index (κ3) is 6.56. The summed E-state index contributed by atoms with van der Waals surface area (Å²) in [6, 6.07) is 8.05. The normalized spacial score (nSPS) is 12.3. The number of para-hydroxylation sites is 1. The van der Waals surface area contributed by atoms with Gasteiger partial charge in [-0.15, -0.1) is 24.0 Å². The van der Waals surface area contributed by atoms with Crippen molar-refractivity contribution in [2.45, 2.75) is 26.5 Å². The molecule has 0 amide bonds. The van der Waals surface area contributed by atoms with Gasteiger partial charge < -0.3 is 15.0 Å². The van der Waals surface area contributed by atoms with Crippen LogP contribution in [0.3, 0.4) is 0 Å². The van der Waals surface area contributed by atoms with Crippen LogP contribution >= 0.6 is 24.0 Å². The first kappa shape index (κ1) is 21.3. The fraction of sp³-hybridized carbons (Fsp3) is 0.444. The molecule has 0 aliphatic rings. The van der Waals surface area contributed by atoms with Gasteiger partial charge in [0.2, 0.25) is 0 Å². The Kier molecular flexibility index (Phi) is 8.74. The lowest BCUT2D eigenvalue weighted by Gasteiger charge is -2.23. The number of aromatic nitrogens is 2. The highest BCUT2D eigenvalue weighted by Gasteiger charge is 2.11. The maximum Gasteiger partial charge on any atom is 0.193 e. The van der Waals surface area contributed by atoms with E-state index in [0.717, 1.165) is 29.4 Å². The zero-order valence-electron chi connectivity index (χ0n) is 15.6. The predicted octanol–water partition coefficient (Wildman–Crippen LogP) is 2.82. The molecule has 0 spiro atoms. The molecule has 0 fully saturated rings. The van der Waals surface area contributed by atoms with Gasteiger partial charge in [-0.1, -0.05) is 18.2 Å². The van der Waals surface area contributed by atoms with Crippen molar-refractivity contribution in [3.63, 3.8) is 0 Å². The Balaban J connectivity index is 0.00000312. The average molecular weight is 457 g/mol. The van der Waals surface area contributed by atoms with Gasteiger partial charge >= 0.3 is 0 Å². The van der Waals surface area contributed by atoms with Crippen LogP contribution in [0.25, 0.3) is 0 Å². The molecule has 0 radical (unpaired) electrons. The fourth-order valence-corrected chi connectivity index (χ4v) is 2.47. The molecule has 6 nitrogen and oxygen atoms in total. The second-order valence-electron chi connectivity index (χ2n) is 6.00. The number of ether oxygens (including phenoxy) is 1. The van der Waals surface area contributed by atoms with Crippen LogP contribution in [0.15, 0.2) is 41.7 Å². The number of rotatable bonds is 6. The molecule has 7 heteroatoms. The van der Waals surface area contributed by atoms with Crippen LogP contribution in [0.1, 0.15) is 18.1 Å². The minimum absolute atomic E-state index is 0. The van der Waals surface area contributed by atoms with Gasteiger partial charge in [0, 0.05) is 39.4 Å². The van der Waals surface area contributed by atoms with E-state index in [0.29, 0.717) is 6.54 Å². The fourth-order valence-electron chi connectivity index (χ4n) is 2.47. The van der Waals surface area contributed by atoms with Gasteiger partial charge in [0.05, 0.1) is 12.7 Å². The number of halogens is 1. The van der Waals surface area contributed by atoms with Gasteiger partial charge in [-0.05, 0) is 25.5 Å². The summed E-state index contributed by atoms with van der Waals surface area (Å²) in [7, 11) is 5.71. The highest BCUT2D eigenvalue weighted by atomic mass is 127. The largest absolute Gasteiger partial charge is 0.489 e. The van der Waals surface area contributed by atoms with Crippen molar-refractivity contribution in [2.75, 3.05) is 20.6 Å². The van der Waals surface area contributed by atoms with Crippen LogP contribution in [-0.2, 0) is 13.6 Å². The minimum Gasteiger partial charge on any atom is -0.489 e. The molecule has 1 heterocycles. The molecule has 0 bridgehead atoms. The van der Waals surface area contributed by atoms with E-state index in [9.17, 15) is 0 Å². The molecule has 138 valence electrons. The van der Waals surface area contributed by atoms with E-state index in [2.05, 4.69) is 33.3 Å². The number of aliphatic imine (C=N–C) groups is 1. The molecular formula is C18H28IN5O. The van der Waals surface area contributed by atoms with Crippen molar-refractivity contribution in [3.05, 3.63) is 47.8 Å². The second-order valence-corrected chi connectivity index (χ2v) is 6.00. The zero-order chi connectivity index (χ0) is 17.5. The van der Waals surface area contributed by atoms with Gasteiger partial charge in [0.1, 0.15) is 11.9 Å². The van der Waals surface area contributed by atoms with Crippen molar-refractivity contribution in [3.8, 4) is 5.75 Å². The number of guanidine groups is 1. The second kappa shape index (κ2) is 10.3. The Hall–Kier alpha value is -1.77. The molecule has 0 aliphatic carbocycles. The summed E-state index contributed by atoms with van der Waals surface area (Å²) in [6.45, 7) is 5.53. The van der Waals surface area contributed by atoms with Crippen LogP contribution in [0.5, 0.6) is 5.75 Å². The minimum atomic E-state index is 0. The lowest BCUT2D eigenvalue weighted by Crippen LogP contribution is -2.42. The average Bonchev–Trinajstić information content (AvgIpc) is 2.95. The molecule has 1 unspecified atom stereocenters. The highest BCUT2D eigenvalue weighted by Crippen LogP contribution is 2.17. The Morgan fingerprint density at radius 2 is 2.12 bits per heavy atom. The van der Waals surface area contributed by atoms with E-state index in [-0.39, 0.29) is 30.1 Å². The van der Waals surface area contributed by atoms with E-state index in [1.807, 2.05) is 51.6 Å². The number of nitrogens with one attached hydrogen (secondary N) is 1. The molecule has 1 N–H and O–H groups in total. The predicted molar refractivity (Wildman–Crippen MR) is 113 cm³/mol. The number of hydrogen-bond donors (Lipinski definition) is 1. The third-order valence-corrected chi connectivity index (χ3v) is 3.72. The lowest BCUT2D eigenvalue weighted by atomic mass is 10.2. The van der Waals surface area contributed by atoms with Crippen molar-refractivity contribution < 1.29 is 4.74 Å². The van der Waals surface area contributed by atoms with Gasteiger partial charge in [-0.3, -0.25) is 9.67 Å². The number of benzene rings is 1. The van der Waals surface area contributed by atoms with Gasteiger partial charge in [0.25, 0.3) is 0 Å². The first-order valence-electron chi connectivity index (χ1n) is 8.11. The summed E-state index contributed by atoms with van der Waals surface area (Å²) in [4.78, 5) is 6.40. The first-order valence-corrected chi connectivity index (χ1v) is 8.11. The molecular weight excluding hydrogens is 429 g/mol. The number of aryl methyl sites for hydroxylation is 2. The van der Waals surface area contributed by atoms with Crippen LogP contribution in [0, 0.1) is 6.92 Å². The van der Waals surface area contributed by atoms with Crippen molar-refractivity contribution >= 4 is 29.9 Å². The Bertz CT molecular complexity index is 686. The third-order valence-electron chi connectivity index (χ3n) is 3.72. The highest BCUT2D eigenvalue weighted by molar-refractivity contribution is 14.0. The molecule has 2 aromatic rings. The van der Waals surface area contributed by atoms with Crippen LogP contribution in [0.2, 0.25) is 0 Å². The summed E-state index contributed by atoms with van der Waals surface area (Å²) in [6.07, 6.45) is 3.91. The van der Waals surface area contributed by atoms with E-state index >= 15 is 0 Å². The number of nitrogens with zero attached hydrogens (tertiary/aromatic N) is 4. The van der Waals surface area contributed by atoms with Crippen molar-refractivity contribution in [1.82, 2.24) is 20.0 Å². The molecule has 1 aromatic carbocycles. The van der Waals surface area contributed by atoms with E-state index in [1.165, 1.54) is 0 Å². The summed E-state index contributed by atoms with van der Waals surface area (Å²) in [5.74, 6) is 1.75. The van der Waals surface area contributed by atoms with E-state index in [4.69, 9.17) is 4.74 Å². The van der Waals surface area contributed by atoms with Crippen LogP contribution < -0.4 is 10.1 Å². The maximum atomic E-state index is 5.99. The monoisotopic (exact) mass is 457 g/mol. The summed E-state index contributed by atoms with van der Waals surface area (Å²) >= 11 is 0. The van der Waals surface area contributed by atoms with Gasteiger partial charge in [0.15, 0.2) is 5.96 Å². The molecule has 0 aliphatic heterocycles. The first-order chi connectivity index (χ1) is 11.5. The van der Waals surface area contributed by atoms with E-state index < -0.39 is 0 Å². The van der Waals surface area contributed by atoms with Crippen molar-refractivity contribution in [2.24, 2.45) is 12.0 Å². The molecule has 0 saturated carbocycles. The van der Waals surface area contributed by atoms with E-state index in [1.54, 1.807) is 11.7 Å². The maximum absolute atomic E-state index is 5.99. The van der Waals surface area contributed by atoms with Gasteiger partial charge in [-0.2, -0.15) is 5.10 Å². The Morgan fingerprint density at radius 3 is 2.72 bits per heavy atom.